The number of hydrogen-bond donors (Lipinski definition) is 0. The molecular formula is C10H20O. The van der Waals surface area contributed by atoms with Gasteiger partial charge in [-0.05, 0) is 17.3 Å². The lowest BCUT2D eigenvalue weighted by Crippen LogP contribution is -2.47. The van der Waals surface area contributed by atoms with Crippen molar-refractivity contribution in [3.8, 4) is 0 Å². The van der Waals surface area contributed by atoms with Crippen molar-refractivity contribution in [3.05, 3.63) is 0 Å². The first-order chi connectivity index (χ1) is 4.86. The van der Waals surface area contributed by atoms with Crippen LogP contribution in [0.15, 0.2) is 0 Å². The molecule has 0 aromatic rings. The zero-order valence-corrected chi connectivity index (χ0v) is 8.40. The molecule has 0 amide bonds. The second-order valence-corrected chi connectivity index (χ2v) is 5.12. The van der Waals surface area contributed by atoms with Crippen molar-refractivity contribution in [2.24, 2.45) is 10.8 Å². The van der Waals surface area contributed by atoms with Crippen LogP contribution in [0.5, 0.6) is 0 Å². The molecule has 0 spiro atoms. The minimum absolute atomic E-state index is 0.311. The van der Waals surface area contributed by atoms with Gasteiger partial charge in [0.1, 0.15) is 0 Å². The van der Waals surface area contributed by atoms with E-state index in [4.69, 9.17) is 4.74 Å². The molecule has 1 fully saturated rings. The Morgan fingerprint density at radius 1 is 1.09 bits per heavy atom. The summed E-state index contributed by atoms with van der Waals surface area (Å²) in [5.74, 6) is 0. The molecule has 1 aliphatic rings. The van der Waals surface area contributed by atoms with Crippen LogP contribution in [0, 0.1) is 10.8 Å². The summed E-state index contributed by atoms with van der Waals surface area (Å²) in [7, 11) is 0. The molecule has 0 N–H and O–H groups in total. The molecule has 1 heterocycles. The van der Waals surface area contributed by atoms with Gasteiger partial charge in [0.25, 0.3) is 0 Å². The van der Waals surface area contributed by atoms with E-state index in [0.717, 1.165) is 6.61 Å². The lowest BCUT2D eigenvalue weighted by Gasteiger charge is -2.48. The molecule has 1 heteroatoms. The lowest BCUT2D eigenvalue weighted by atomic mass is 9.64. The van der Waals surface area contributed by atoms with Gasteiger partial charge < -0.3 is 4.74 Å². The quantitative estimate of drug-likeness (QED) is 0.567. The molecule has 1 saturated heterocycles. The van der Waals surface area contributed by atoms with Gasteiger partial charge in [0.05, 0.1) is 6.10 Å². The normalized spacial score (nSPS) is 26.5. The smallest absolute Gasteiger partial charge is 0.0652 e. The number of rotatable bonds is 1. The molecule has 1 rings (SSSR count). The van der Waals surface area contributed by atoms with Crippen molar-refractivity contribution in [3.63, 3.8) is 0 Å². The first kappa shape index (κ1) is 9.05. The highest BCUT2D eigenvalue weighted by Gasteiger charge is 2.43. The van der Waals surface area contributed by atoms with Gasteiger partial charge in [-0.3, -0.25) is 0 Å². The monoisotopic (exact) mass is 156 g/mol. The van der Waals surface area contributed by atoms with E-state index >= 15 is 0 Å². The summed E-state index contributed by atoms with van der Waals surface area (Å²) in [4.78, 5) is 0. The van der Waals surface area contributed by atoms with Crippen molar-refractivity contribution >= 4 is 0 Å². The Balaban J connectivity index is 2.64. The summed E-state index contributed by atoms with van der Waals surface area (Å²) in [5, 5.41) is 0. The topological polar surface area (TPSA) is 9.23 Å². The maximum Gasteiger partial charge on any atom is 0.0652 e. The number of hydrogen-bond acceptors (Lipinski definition) is 1. The van der Waals surface area contributed by atoms with Crippen molar-refractivity contribution in [1.82, 2.24) is 0 Å². The average molecular weight is 156 g/mol. The van der Waals surface area contributed by atoms with Crippen LogP contribution in [0.1, 0.15) is 41.0 Å². The maximum absolute atomic E-state index is 5.52. The van der Waals surface area contributed by atoms with Crippen LogP contribution in [0.3, 0.4) is 0 Å². The fraction of sp³-hybridized carbons (Fsp3) is 1.00. The van der Waals surface area contributed by atoms with Crippen molar-refractivity contribution in [2.45, 2.75) is 47.1 Å². The number of ether oxygens (including phenoxy) is 1. The Kier molecular flexibility index (Phi) is 2.04. The molecule has 66 valence electrons. The Bertz CT molecular complexity index is 137. The van der Waals surface area contributed by atoms with Crippen molar-refractivity contribution < 1.29 is 4.74 Å². The molecule has 0 radical (unpaired) electrons. The maximum atomic E-state index is 5.52. The van der Waals surface area contributed by atoms with Crippen LogP contribution in [0.2, 0.25) is 0 Å². The molecule has 0 aromatic carbocycles. The van der Waals surface area contributed by atoms with E-state index in [1.165, 1.54) is 6.42 Å². The molecule has 1 aliphatic heterocycles. The van der Waals surface area contributed by atoms with E-state index in [0.29, 0.717) is 16.9 Å². The van der Waals surface area contributed by atoms with Crippen LogP contribution in [0.4, 0.5) is 0 Å². The molecule has 0 bridgehead atoms. The fourth-order valence-electron chi connectivity index (χ4n) is 1.29. The second-order valence-electron chi connectivity index (χ2n) is 5.12. The van der Waals surface area contributed by atoms with Crippen LogP contribution >= 0.6 is 0 Å². The molecule has 1 atom stereocenters. The van der Waals surface area contributed by atoms with Gasteiger partial charge in [0, 0.05) is 6.61 Å². The zero-order valence-electron chi connectivity index (χ0n) is 8.40. The standard InChI is InChI=1S/C10H20O/c1-9(2,3)10(4,5)8-6-7-11-8/h8H,6-7H2,1-5H3/t8-/m0/s1. The summed E-state index contributed by atoms with van der Waals surface area (Å²) in [5.41, 5.74) is 0.656. The van der Waals surface area contributed by atoms with Crippen LogP contribution in [0.25, 0.3) is 0 Å². The third-order valence-electron chi connectivity index (χ3n) is 3.44. The SMILES string of the molecule is CC(C)(C)C(C)(C)[C@@H]1CCO1. The summed E-state index contributed by atoms with van der Waals surface area (Å²) in [6.07, 6.45) is 1.73. The van der Waals surface area contributed by atoms with Gasteiger partial charge >= 0.3 is 0 Å². The highest BCUT2D eigenvalue weighted by atomic mass is 16.5. The van der Waals surface area contributed by atoms with Crippen LogP contribution in [-0.4, -0.2) is 12.7 Å². The van der Waals surface area contributed by atoms with E-state index in [2.05, 4.69) is 34.6 Å². The van der Waals surface area contributed by atoms with Gasteiger partial charge in [-0.1, -0.05) is 34.6 Å². The van der Waals surface area contributed by atoms with Gasteiger partial charge in [-0.15, -0.1) is 0 Å². The van der Waals surface area contributed by atoms with E-state index < -0.39 is 0 Å². The predicted molar refractivity (Wildman–Crippen MR) is 47.6 cm³/mol. The van der Waals surface area contributed by atoms with E-state index in [1.54, 1.807) is 0 Å². The third kappa shape index (κ3) is 1.44. The summed E-state index contributed by atoms with van der Waals surface area (Å²) >= 11 is 0. The highest BCUT2D eigenvalue weighted by molar-refractivity contribution is 4.92. The molecule has 0 saturated carbocycles. The van der Waals surface area contributed by atoms with E-state index in [-0.39, 0.29) is 0 Å². The highest BCUT2D eigenvalue weighted by Crippen LogP contribution is 2.45. The van der Waals surface area contributed by atoms with Gasteiger partial charge in [-0.25, -0.2) is 0 Å². The summed E-state index contributed by atoms with van der Waals surface area (Å²) in [6, 6.07) is 0. The lowest BCUT2D eigenvalue weighted by molar-refractivity contribution is -0.149. The van der Waals surface area contributed by atoms with E-state index in [9.17, 15) is 0 Å². The van der Waals surface area contributed by atoms with E-state index in [1.807, 2.05) is 0 Å². The molecule has 0 unspecified atom stereocenters. The minimum atomic E-state index is 0.311. The predicted octanol–water partition coefficient (Wildman–Crippen LogP) is 2.85. The average Bonchev–Trinajstić information content (AvgIpc) is 1.53. The molecule has 0 aromatic heterocycles. The van der Waals surface area contributed by atoms with Crippen LogP contribution in [-0.2, 0) is 4.74 Å². The first-order valence-electron chi connectivity index (χ1n) is 4.47. The Morgan fingerprint density at radius 2 is 1.55 bits per heavy atom. The summed E-state index contributed by atoms with van der Waals surface area (Å²) in [6.45, 7) is 12.4. The fourth-order valence-corrected chi connectivity index (χ4v) is 1.29. The Labute approximate surface area is 70.1 Å². The van der Waals surface area contributed by atoms with Crippen molar-refractivity contribution in [1.29, 1.82) is 0 Å². The zero-order chi connectivity index (χ0) is 8.70. The second kappa shape index (κ2) is 2.48. The third-order valence-corrected chi connectivity index (χ3v) is 3.44. The van der Waals surface area contributed by atoms with Crippen LogP contribution < -0.4 is 0 Å². The van der Waals surface area contributed by atoms with Gasteiger partial charge in [0.2, 0.25) is 0 Å². The molecule has 0 aliphatic carbocycles. The Morgan fingerprint density at radius 3 is 1.64 bits per heavy atom. The Hall–Kier alpha value is -0.0400. The molecular weight excluding hydrogens is 136 g/mol. The summed E-state index contributed by atoms with van der Waals surface area (Å²) < 4.78 is 5.52. The largest absolute Gasteiger partial charge is 0.377 e. The minimum Gasteiger partial charge on any atom is -0.377 e. The first-order valence-corrected chi connectivity index (χ1v) is 4.47. The molecule has 11 heavy (non-hydrogen) atoms. The van der Waals surface area contributed by atoms with Gasteiger partial charge in [-0.2, -0.15) is 0 Å². The molecule has 1 nitrogen and oxygen atoms in total. The van der Waals surface area contributed by atoms with Gasteiger partial charge in [0.15, 0.2) is 0 Å². The van der Waals surface area contributed by atoms with Crippen molar-refractivity contribution in [2.75, 3.05) is 6.61 Å².